The van der Waals surface area contributed by atoms with E-state index in [9.17, 15) is 13.2 Å². The average molecular weight is 391 g/mol. The highest BCUT2D eigenvalue weighted by molar-refractivity contribution is 7.90. The monoisotopic (exact) mass is 391 g/mol. The van der Waals surface area contributed by atoms with E-state index in [0.29, 0.717) is 17.9 Å². The van der Waals surface area contributed by atoms with Gasteiger partial charge >= 0.3 is 0 Å². The van der Waals surface area contributed by atoms with E-state index in [0.717, 1.165) is 11.8 Å². The summed E-state index contributed by atoms with van der Waals surface area (Å²) < 4.78 is 34.2. The van der Waals surface area contributed by atoms with E-state index >= 15 is 0 Å². The van der Waals surface area contributed by atoms with Crippen LogP contribution in [-0.2, 0) is 14.6 Å². The number of carbonyl (C=O) groups excluding carboxylic acids is 1. The molecule has 0 radical (unpaired) electrons. The third kappa shape index (κ3) is 5.47. The maximum absolute atomic E-state index is 12.6. The molecule has 2 aromatic carbocycles. The van der Waals surface area contributed by atoms with Crippen LogP contribution in [0, 0.1) is 0 Å². The third-order valence-corrected chi connectivity index (χ3v) is 5.30. The molecule has 1 amide bonds. The highest BCUT2D eigenvalue weighted by atomic mass is 32.2. The topological polar surface area (TPSA) is 81.7 Å². The van der Waals surface area contributed by atoms with Gasteiger partial charge < -0.3 is 14.8 Å². The van der Waals surface area contributed by atoms with Gasteiger partial charge in [0, 0.05) is 6.26 Å². The summed E-state index contributed by atoms with van der Waals surface area (Å²) in [5, 5.41) is 2.91. The number of hydrogen-bond acceptors (Lipinski definition) is 5. The minimum Gasteiger partial charge on any atom is -0.493 e. The highest BCUT2D eigenvalue weighted by Gasteiger charge is 2.22. The van der Waals surface area contributed by atoms with Crippen molar-refractivity contribution in [1.82, 2.24) is 5.32 Å². The maximum atomic E-state index is 12.6. The Morgan fingerprint density at radius 1 is 1.07 bits per heavy atom. The van der Waals surface area contributed by atoms with Crippen LogP contribution < -0.4 is 14.8 Å². The Hall–Kier alpha value is -2.54. The van der Waals surface area contributed by atoms with Crippen LogP contribution in [0.3, 0.4) is 0 Å². The molecule has 146 valence electrons. The predicted octanol–water partition coefficient (Wildman–Crippen LogP) is 3.13. The maximum Gasteiger partial charge on any atom is 0.261 e. The smallest absolute Gasteiger partial charge is 0.261 e. The summed E-state index contributed by atoms with van der Waals surface area (Å²) >= 11 is 0. The minimum atomic E-state index is -3.25. The zero-order valence-electron chi connectivity index (χ0n) is 15.9. The second kappa shape index (κ2) is 8.90. The highest BCUT2D eigenvalue weighted by Crippen LogP contribution is 2.27. The Labute approximate surface area is 160 Å². The lowest BCUT2D eigenvalue weighted by Gasteiger charge is -2.21. The molecule has 2 rings (SSSR count). The molecular formula is C20H25NO5S. The number of rotatable bonds is 8. The van der Waals surface area contributed by atoms with Crippen molar-refractivity contribution in [3.8, 4) is 11.5 Å². The van der Waals surface area contributed by atoms with Crippen LogP contribution in [0.15, 0.2) is 53.4 Å². The summed E-state index contributed by atoms with van der Waals surface area (Å²) in [6.45, 7) is 3.70. The molecule has 0 heterocycles. The summed E-state index contributed by atoms with van der Waals surface area (Å²) in [5.41, 5.74) is 0.808. The number of methoxy groups -OCH3 is 1. The third-order valence-electron chi connectivity index (χ3n) is 4.17. The van der Waals surface area contributed by atoms with Crippen molar-refractivity contribution >= 4 is 15.7 Å². The summed E-state index contributed by atoms with van der Waals surface area (Å²) in [5.74, 6) is 0.823. The van der Waals surface area contributed by atoms with Gasteiger partial charge in [0.25, 0.3) is 5.91 Å². The van der Waals surface area contributed by atoms with Crippen LogP contribution in [0.5, 0.6) is 11.5 Å². The molecule has 0 fully saturated rings. The SMILES string of the molecule is CCC(Oc1ccccc1OC)C(=O)NC(C)c1ccc(S(C)(=O)=O)cc1. The van der Waals surface area contributed by atoms with Crippen molar-refractivity contribution in [2.24, 2.45) is 0 Å². The van der Waals surface area contributed by atoms with E-state index < -0.39 is 15.9 Å². The van der Waals surface area contributed by atoms with Gasteiger partial charge in [0.1, 0.15) is 0 Å². The fraction of sp³-hybridized carbons (Fsp3) is 0.350. The zero-order valence-corrected chi connectivity index (χ0v) is 16.7. The predicted molar refractivity (Wildman–Crippen MR) is 104 cm³/mol. The van der Waals surface area contributed by atoms with Crippen molar-refractivity contribution in [3.63, 3.8) is 0 Å². The summed E-state index contributed by atoms with van der Waals surface area (Å²) in [6, 6.07) is 13.3. The fourth-order valence-electron chi connectivity index (χ4n) is 2.59. The van der Waals surface area contributed by atoms with E-state index in [-0.39, 0.29) is 16.8 Å². The first kappa shape index (κ1) is 20.8. The molecule has 2 aromatic rings. The van der Waals surface area contributed by atoms with Crippen molar-refractivity contribution < 1.29 is 22.7 Å². The van der Waals surface area contributed by atoms with Crippen LogP contribution in [0.1, 0.15) is 31.9 Å². The Morgan fingerprint density at radius 2 is 1.67 bits per heavy atom. The van der Waals surface area contributed by atoms with Crippen molar-refractivity contribution in [2.75, 3.05) is 13.4 Å². The van der Waals surface area contributed by atoms with E-state index in [1.54, 1.807) is 31.4 Å². The first-order chi connectivity index (χ1) is 12.8. The molecular weight excluding hydrogens is 366 g/mol. The van der Waals surface area contributed by atoms with E-state index in [1.807, 2.05) is 26.0 Å². The molecule has 2 atom stereocenters. The zero-order chi connectivity index (χ0) is 20.0. The Morgan fingerprint density at radius 3 is 2.19 bits per heavy atom. The summed E-state index contributed by atoms with van der Waals surface area (Å²) in [7, 11) is -1.70. The molecule has 0 bridgehead atoms. The number of amides is 1. The van der Waals surface area contributed by atoms with Crippen LogP contribution >= 0.6 is 0 Å². The number of benzene rings is 2. The van der Waals surface area contributed by atoms with Gasteiger partial charge in [-0.15, -0.1) is 0 Å². The second-order valence-corrected chi connectivity index (χ2v) is 8.25. The van der Waals surface area contributed by atoms with Gasteiger partial charge in [-0.1, -0.05) is 31.2 Å². The van der Waals surface area contributed by atoms with Gasteiger partial charge in [0.05, 0.1) is 18.0 Å². The van der Waals surface area contributed by atoms with E-state index in [1.165, 1.54) is 12.1 Å². The Balaban J connectivity index is 2.07. The van der Waals surface area contributed by atoms with Gasteiger partial charge in [-0.3, -0.25) is 4.79 Å². The number of para-hydroxylation sites is 2. The fourth-order valence-corrected chi connectivity index (χ4v) is 3.22. The molecule has 0 aromatic heterocycles. The molecule has 2 unspecified atom stereocenters. The van der Waals surface area contributed by atoms with Crippen LogP contribution in [0.25, 0.3) is 0 Å². The average Bonchev–Trinajstić information content (AvgIpc) is 2.65. The number of carbonyl (C=O) groups is 1. The van der Waals surface area contributed by atoms with Crippen molar-refractivity contribution in [1.29, 1.82) is 0 Å². The van der Waals surface area contributed by atoms with Gasteiger partial charge in [-0.05, 0) is 43.2 Å². The molecule has 0 aliphatic rings. The molecule has 7 heteroatoms. The Kier molecular flexibility index (Phi) is 6.85. The minimum absolute atomic E-state index is 0.246. The van der Waals surface area contributed by atoms with Gasteiger partial charge in [0.15, 0.2) is 27.4 Å². The largest absolute Gasteiger partial charge is 0.493 e. The summed E-state index contributed by atoms with van der Waals surface area (Å²) in [4.78, 5) is 12.9. The van der Waals surface area contributed by atoms with Crippen LogP contribution in [-0.4, -0.2) is 33.8 Å². The second-order valence-electron chi connectivity index (χ2n) is 6.24. The van der Waals surface area contributed by atoms with Crippen molar-refractivity contribution in [2.45, 2.75) is 37.3 Å². The number of hydrogen-bond donors (Lipinski definition) is 1. The molecule has 1 N–H and O–H groups in total. The molecule has 0 aliphatic carbocycles. The van der Waals surface area contributed by atoms with Crippen molar-refractivity contribution in [3.05, 3.63) is 54.1 Å². The first-order valence-electron chi connectivity index (χ1n) is 8.66. The standard InChI is InChI=1S/C20H25NO5S/c1-5-17(26-19-9-7-6-8-18(19)25-3)20(22)21-14(2)15-10-12-16(13-11-15)27(4,23)24/h6-14,17H,5H2,1-4H3,(H,21,22). The number of ether oxygens (including phenoxy) is 2. The first-order valence-corrected chi connectivity index (χ1v) is 10.6. The van der Waals surface area contributed by atoms with E-state index in [4.69, 9.17) is 9.47 Å². The van der Waals surface area contributed by atoms with Crippen LogP contribution in [0.2, 0.25) is 0 Å². The van der Waals surface area contributed by atoms with E-state index in [2.05, 4.69) is 5.32 Å². The lowest BCUT2D eigenvalue weighted by atomic mass is 10.1. The quantitative estimate of drug-likeness (QED) is 0.748. The lowest BCUT2D eigenvalue weighted by Crippen LogP contribution is -2.39. The Bertz CT molecular complexity index is 878. The lowest BCUT2D eigenvalue weighted by molar-refractivity contribution is -0.128. The van der Waals surface area contributed by atoms with Gasteiger partial charge in [0.2, 0.25) is 0 Å². The molecule has 6 nitrogen and oxygen atoms in total. The molecule has 0 saturated heterocycles. The number of sulfone groups is 1. The van der Waals surface area contributed by atoms with Gasteiger partial charge in [-0.25, -0.2) is 8.42 Å². The summed E-state index contributed by atoms with van der Waals surface area (Å²) in [6.07, 6.45) is 0.983. The molecule has 27 heavy (non-hydrogen) atoms. The van der Waals surface area contributed by atoms with Crippen LogP contribution in [0.4, 0.5) is 0 Å². The number of nitrogens with one attached hydrogen (secondary N) is 1. The van der Waals surface area contributed by atoms with Gasteiger partial charge in [-0.2, -0.15) is 0 Å². The normalized spacial score (nSPS) is 13.5. The molecule has 0 saturated carbocycles. The molecule has 0 spiro atoms. The molecule has 0 aliphatic heterocycles.